The van der Waals surface area contributed by atoms with E-state index in [-0.39, 0.29) is 24.7 Å². The van der Waals surface area contributed by atoms with Crippen LogP contribution in [0.25, 0.3) is 0 Å². The first-order chi connectivity index (χ1) is 11.3. The van der Waals surface area contributed by atoms with E-state index in [4.69, 9.17) is 0 Å². The number of β-amino-alcohol motifs (C(OH)–C–C–N with tert-alkyl or cyclic N) is 1. The lowest BCUT2D eigenvalue weighted by Gasteiger charge is -2.18. The first-order valence-corrected chi connectivity index (χ1v) is 9.58. The maximum Gasteiger partial charge on any atom is 0.257 e. The van der Waals surface area contributed by atoms with Crippen LogP contribution >= 0.6 is 0 Å². The van der Waals surface area contributed by atoms with Crippen molar-refractivity contribution in [2.24, 2.45) is 5.92 Å². The zero-order valence-electron chi connectivity index (χ0n) is 13.8. The molecule has 1 amide bonds. The molecule has 0 spiro atoms. The van der Waals surface area contributed by atoms with Crippen LogP contribution < -0.4 is 0 Å². The van der Waals surface area contributed by atoms with Crippen molar-refractivity contribution in [1.82, 2.24) is 19.2 Å². The van der Waals surface area contributed by atoms with E-state index >= 15 is 0 Å². The zero-order valence-corrected chi connectivity index (χ0v) is 14.6. The van der Waals surface area contributed by atoms with Crippen molar-refractivity contribution in [3.8, 4) is 0 Å². The van der Waals surface area contributed by atoms with E-state index in [1.54, 1.807) is 0 Å². The molecule has 1 aliphatic carbocycles. The van der Waals surface area contributed by atoms with Crippen LogP contribution in [-0.2, 0) is 10.0 Å². The van der Waals surface area contributed by atoms with Crippen LogP contribution in [0, 0.1) is 5.92 Å². The van der Waals surface area contributed by atoms with Gasteiger partial charge in [0.05, 0.1) is 17.4 Å². The molecule has 1 saturated heterocycles. The van der Waals surface area contributed by atoms with Gasteiger partial charge >= 0.3 is 0 Å². The van der Waals surface area contributed by atoms with Crippen LogP contribution in [0.1, 0.15) is 34.9 Å². The molecule has 8 nitrogen and oxygen atoms in total. The summed E-state index contributed by atoms with van der Waals surface area (Å²) in [5, 5.41) is 10.1. The second-order valence-corrected chi connectivity index (χ2v) is 8.93. The number of rotatable bonds is 5. The molecule has 1 aromatic rings. The van der Waals surface area contributed by atoms with Gasteiger partial charge in [-0.15, -0.1) is 0 Å². The van der Waals surface area contributed by atoms with E-state index in [2.05, 4.69) is 9.97 Å². The molecular weight excluding hydrogens is 332 g/mol. The SMILES string of the molecule is CN(C)S(=O)(=O)C[C@@H]1CN(C(=O)c2cnc(C3CC3)nc2)C[C@H]1O. The van der Waals surface area contributed by atoms with E-state index in [0.717, 1.165) is 23.0 Å². The van der Waals surface area contributed by atoms with Gasteiger partial charge in [0.2, 0.25) is 10.0 Å². The molecule has 2 atom stereocenters. The number of nitrogens with zero attached hydrogens (tertiary/aromatic N) is 4. The first kappa shape index (κ1) is 17.2. The summed E-state index contributed by atoms with van der Waals surface area (Å²) in [6.45, 7) is 0.328. The molecule has 9 heteroatoms. The standard InChI is InChI=1S/C15H22N4O4S/c1-18(2)24(22,23)9-12-7-19(8-13(12)20)15(21)11-5-16-14(17-6-11)10-3-4-10/h5-6,10,12-13,20H,3-4,7-9H2,1-2H3/t12-,13+/m0/s1. The van der Waals surface area contributed by atoms with Crippen molar-refractivity contribution >= 4 is 15.9 Å². The van der Waals surface area contributed by atoms with Crippen molar-refractivity contribution in [1.29, 1.82) is 0 Å². The highest BCUT2D eigenvalue weighted by atomic mass is 32.2. The number of aliphatic hydroxyl groups is 1. The normalized spacial score (nSPS) is 24.6. The molecule has 3 rings (SSSR count). The largest absolute Gasteiger partial charge is 0.391 e. The number of aromatic nitrogens is 2. The van der Waals surface area contributed by atoms with Crippen LogP contribution in [0.4, 0.5) is 0 Å². The summed E-state index contributed by atoms with van der Waals surface area (Å²) in [7, 11) is -0.512. The van der Waals surface area contributed by atoms with Gasteiger partial charge in [-0.1, -0.05) is 0 Å². The summed E-state index contributed by atoms with van der Waals surface area (Å²) >= 11 is 0. The highest BCUT2D eigenvalue weighted by molar-refractivity contribution is 7.89. The molecule has 2 aliphatic rings. The molecule has 1 aromatic heterocycles. The number of amides is 1. The third-order valence-corrected chi connectivity index (χ3v) is 6.50. The summed E-state index contributed by atoms with van der Waals surface area (Å²) in [5.41, 5.74) is 0.364. The molecule has 132 valence electrons. The fourth-order valence-corrected chi connectivity index (χ4v) is 3.95. The molecule has 0 aromatic carbocycles. The van der Waals surface area contributed by atoms with Gasteiger partial charge in [0.1, 0.15) is 5.82 Å². The lowest BCUT2D eigenvalue weighted by molar-refractivity contribution is 0.0764. The molecule has 1 N–H and O–H groups in total. The summed E-state index contributed by atoms with van der Waals surface area (Å²) in [6.07, 6.45) is 4.36. The summed E-state index contributed by atoms with van der Waals surface area (Å²) < 4.78 is 25.1. The number of aliphatic hydroxyl groups excluding tert-OH is 1. The second kappa shape index (κ2) is 6.38. The predicted molar refractivity (Wildman–Crippen MR) is 86.9 cm³/mol. The Morgan fingerprint density at radius 1 is 1.29 bits per heavy atom. The van der Waals surface area contributed by atoms with Crippen LogP contribution in [0.3, 0.4) is 0 Å². The maximum absolute atomic E-state index is 12.5. The smallest absolute Gasteiger partial charge is 0.257 e. The van der Waals surface area contributed by atoms with Crippen molar-refractivity contribution in [3.63, 3.8) is 0 Å². The van der Waals surface area contributed by atoms with Crippen molar-refractivity contribution in [2.75, 3.05) is 32.9 Å². The second-order valence-electron chi connectivity index (χ2n) is 6.70. The molecule has 0 radical (unpaired) electrons. The molecule has 1 saturated carbocycles. The Morgan fingerprint density at radius 2 is 1.92 bits per heavy atom. The molecule has 0 unspecified atom stereocenters. The van der Waals surface area contributed by atoms with E-state index < -0.39 is 22.0 Å². The van der Waals surface area contributed by atoms with Crippen LogP contribution in [-0.4, -0.2) is 77.6 Å². The monoisotopic (exact) mass is 354 g/mol. The Labute approximate surface area is 141 Å². The van der Waals surface area contributed by atoms with Gasteiger partial charge in [-0.25, -0.2) is 22.7 Å². The fourth-order valence-electron chi connectivity index (χ4n) is 2.79. The van der Waals surface area contributed by atoms with Gasteiger partial charge in [0.15, 0.2) is 0 Å². The molecule has 24 heavy (non-hydrogen) atoms. The Kier molecular flexibility index (Phi) is 4.58. The van der Waals surface area contributed by atoms with Crippen molar-refractivity contribution in [3.05, 3.63) is 23.8 Å². The first-order valence-electron chi connectivity index (χ1n) is 7.97. The van der Waals surface area contributed by atoms with Gasteiger partial charge in [-0.2, -0.15) is 0 Å². The number of carbonyl (C=O) groups excluding carboxylic acids is 1. The fraction of sp³-hybridized carbons (Fsp3) is 0.667. The third-order valence-electron chi connectivity index (χ3n) is 4.54. The van der Waals surface area contributed by atoms with Gasteiger partial charge in [-0.3, -0.25) is 4.79 Å². The van der Waals surface area contributed by atoms with Gasteiger partial charge in [-0.05, 0) is 12.8 Å². The summed E-state index contributed by atoms with van der Waals surface area (Å²) in [4.78, 5) is 22.4. The molecule has 2 heterocycles. The minimum Gasteiger partial charge on any atom is -0.391 e. The predicted octanol–water partition coefficient (Wildman–Crippen LogP) is -0.322. The van der Waals surface area contributed by atoms with Gasteiger partial charge < -0.3 is 10.0 Å². The van der Waals surface area contributed by atoms with Gasteiger partial charge in [0.25, 0.3) is 5.91 Å². The van der Waals surface area contributed by atoms with Crippen molar-refractivity contribution in [2.45, 2.75) is 24.9 Å². The molecule has 0 bridgehead atoms. The van der Waals surface area contributed by atoms with Crippen molar-refractivity contribution < 1.29 is 18.3 Å². The topological polar surface area (TPSA) is 104 Å². The quantitative estimate of drug-likeness (QED) is 0.777. The van der Waals surface area contributed by atoms with Crippen LogP contribution in [0.15, 0.2) is 12.4 Å². The van der Waals surface area contributed by atoms with E-state index in [1.807, 2.05) is 0 Å². The Hall–Kier alpha value is -1.58. The van der Waals surface area contributed by atoms with Gasteiger partial charge in [0, 0.05) is 51.4 Å². The highest BCUT2D eigenvalue weighted by Gasteiger charge is 2.38. The van der Waals surface area contributed by atoms with Crippen LogP contribution in [0.5, 0.6) is 0 Å². The average Bonchev–Trinajstić information content (AvgIpc) is 3.32. The lowest BCUT2D eigenvalue weighted by Crippen LogP contribution is -2.33. The third kappa shape index (κ3) is 3.57. The average molecular weight is 354 g/mol. The number of carbonyl (C=O) groups is 1. The molecular formula is C15H22N4O4S. The Balaban J connectivity index is 1.66. The van der Waals surface area contributed by atoms with E-state index in [0.29, 0.717) is 11.5 Å². The Morgan fingerprint density at radius 3 is 2.46 bits per heavy atom. The molecule has 2 fully saturated rings. The minimum atomic E-state index is -3.43. The van der Waals surface area contributed by atoms with E-state index in [1.165, 1.54) is 31.4 Å². The van der Waals surface area contributed by atoms with E-state index in [9.17, 15) is 18.3 Å². The Bertz CT molecular complexity index is 715. The zero-order chi connectivity index (χ0) is 17.5. The maximum atomic E-state index is 12.5. The number of sulfonamides is 1. The molecule has 1 aliphatic heterocycles. The number of hydrogen-bond acceptors (Lipinski definition) is 6. The number of hydrogen-bond donors (Lipinski definition) is 1. The summed E-state index contributed by atoms with van der Waals surface area (Å²) in [5.74, 6) is 0.239. The number of likely N-dealkylation sites (tertiary alicyclic amines) is 1. The minimum absolute atomic E-state index is 0.122. The lowest BCUT2D eigenvalue weighted by atomic mass is 10.1. The van der Waals surface area contributed by atoms with Crippen LogP contribution in [0.2, 0.25) is 0 Å². The summed E-state index contributed by atoms with van der Waals surface area (Å²) in [6, 6.07) is 0. The highest BCUT2D eigenvalue weighted by Crippen LogP contribution is 2.37.